The van der Waals surface area contributed by atoms with Crippen LogP contribution in [0.4, 0.5) is 0 Å². The second-order valence-corrected chi connectivity index (χ2v) is 7.44. The molecule has 1 aromatic rings. The Bertz CT molecular complexity index is 417. The zero-order valence-electron chi connectivity index (χ0n) is 13.2. The molecule has 0 amide bonds. The fourth-order valence-corrected chi connectivity index (χ4v) is 3.39. The fraction of sp³-hybridized carbons (Fsp3) is 0.647. The number of rotatable bonds is 2. The Morgan fingerprint density at radius 1 is 1.40 bits per heavy atom. The quantitative estimate of drug-likeness (QED) is 0.808. The molecular formula is C17H28BrNO. The van der Waals surface area contributed by atoms with Gasteiger partial charge >= 0.3 is 0 Å². The summed E-state index contributed by atoms with van der Waals surface area (Å²) in [4.78, 5) is 0. The number of nitrogens with two attached hydrogens (primary N) is 1. The van der Waals surface area contributed by atoms with Crippen molar-refractivity contribution in [3.8, 4) is 5.75 Å². The van der Waals surface area contributed by atoms with E-state index in [2.05, 4.69) is 36.7 Å². The normalized spacial score (nSPS) is 20.8. The highest BCUT2D eigenvalue weighted by Gasteiger charge is 2.24. The minimum absolute atomic E-state index is 0.503. The van der Waals surface area contributed by atoms with Crippen LogP contribution < -0.4 is 10.5 Å². The van der Waals surface area contributed by atoms with E-state index in [1.165, 1.54) is 25.7 Å². The van der Waals surface area contributed by atoms with Gasteiger partial charge in [-0.3, -0.25) is 0 Å². The van der Waals surface area contributed by atoms with Crippen LogP contribution in [0.5, 0.6) is 5.75 Å². The molecular weight excluding hydrogens is 314 g/mol. The lowest BCUT2D eigenvalue weighted by Gasteiger charge is -2.33. The molecule has 1 atom stereocenters. The molecule has 2 rings (SSSR count). The summed E-state index contributed by atoms with van der Waals surface area (Å²) < 4.78 is 6.12. The highest BCUT2D eigenvalue weighted by molar-refractivity contribution is 9.10. The van der Waals surface area contributed by atoms with Gasteiger partial charge in [0.25, 0.3) is 0 Å². The average Bonchev–Trinajstić information content (AvgIpc) is 2.37. The summed E-state index contributed by atoms with van der Waals surface area (Å²) >= 11 is 3.36. The highest BCUT2D eigenvalue weighted by Crippen LogP contribution is 2.37. The molecule has 1 saturated carbocycles. The Morgan fingerprint density at radius 3 is 2.55 bits per heavy atom. The van der Waals surface area contributed by atoms with Gasteiger partial charge in [-0.15, -0.1) is 0 Å². The third-order valence-electron chi connectivity index (χ3n) is 3.91. The third-order valence-corrected chi connectivity index (χ3v) is 4.41. The van der Waals surface area contributed by atoms with Gasteiger partial charge < -0.3 is 10.5 Å². The smallest absolute Gasteiger partial charge is 0.123 e. The van der Waals surface area contributed by atoms with Crippen molar-refractivity contribution in [1.82, 2.24) is 0 Å². The Morgan fingerprint density at radius 2 is 2.10 bits per heavy atom. The number of halogens is 1. The second-order valence-electron chi connectivity index (χ2n) is 6.53. The first kappa shape index (κ1) is 17.5. The van der Waals surface area contributed by atoms with E-state index in [4.69, 9.17) is 10.5 Å². The summed E-state index contributed by atoms with van der Waals surface area (Å²) in [6.45, 7) is 7.66. The van der Waals surface area contributed by atoms with Gasteiger partial charge in [-0.2, -0.15) is 0 Å². The van der Waals surface area contributed by atoms with Crippen molar-refractivity contribution in [3.63, 3.8) is 0 Å². The van der Waals surface area contributed by atoms with Gasteiger partial charge in [-0.05, 0) is 42.4 Å². The standard InChI is InChI=1S/C9H18.C8H10BrNO/c1-8-5-4-6-9(2,3)7-8;1-11-8-3-2-7(9)4-6(8)5-10/h8H,4-7H2,1-3H3;2-4H,5,10H2,1H3. The van der Waals surface area contributed by atoms with E-state index in [0.29, 0.717) is 12.0 Å². The van der Waals surface area contributed by atoms with Gasteiger partial charge in [0, 0.05) is 16.6 Å². The molecule has 1 fully saturated rings. The highest BCUT2D eigenvalue weighted by atomic mass is 79.9. The number of hydrogen-bond donors (Lipinski definition) is 1. The molecule has 1 aliphatic carbocycles. The molecule has 0 aliphatic heterocycles. The summed E-state index contributed by atoms with van der Waals surface area (Å²) in [6.07, 6.45) is 5.79. The number of ether oxygens (including phenoxy) is 1. The molecule has 0 radical (unpaired) electrons. The molecule has 1 unspecified atom stereocenters. The van der Waals surface area contributed by atoms with Crippen molar-refractivity contribution >= 4 is 15.9 Å². The molecule has 3 heteroatoms. The van der Waals surface area contributed by atoms with Crippen LogP contribution in [0.2, 0.25) is 0 Å². The Balaban J connectivity index is 0.000000204. The van der Waals surface area contributed by atoms with Gasteiger partial charge in [0.1, 0.15) is 5.75 Å². The van der Waals surface area contributed by atoms with Gasteiger partial charge in [-0.1, -0.05) is 49.5 Å². The van der Waals surface area contributed by atoms with E-state index in [1.54, 1.807) is 7.11 Å². The molecule has 114 valence electrons. The topological polar surface area (TPSA) is 35.2 Å². The van der Waals surface area contributed by atoms with Crippen molar-refractivity contribution in [2.75, 3.05) is 7.11 Å². The van der Waals surface area contributed by atoms with Crippen LogP contribution in [-0.2, 0) is 6.54 Å². The molecule has 0 bridgehead atoms. The van der Waals surface area contributed by atoms with Crippen molar-refractivity contribution in [1.29, 1.82) is 0 Å². The zero-order valence-corrected chi connectivity index (χ0v) is 14.8. The molecule has 2 nitrogen and oxygen atoms in total. The van der Waals surface area contributed by atoms with E-state index < -0.39 is 0 Å². The molecule has 0 aromatic heterocycles. The van der Waals surface area contributed by atoms with E-state index in [1.807, 2.05) is 18.2 Å². The minimum Gasteiger partial charge on any atom is -0.496 e. The molecule has 20 heavy (non-hydrogen) atoms. The lowest BCUT2D eigenvalue weighted by atomic mass is 9.73. The van der Waals surface area contributed by atoms with Gasteiger partial charge in [-0.25, -0.2) is 0 Å². The predicted molar refractivity (Wildman–Crippen MR) is 90.0 cm³/mol. The van der Waals surface area contributed by atoms with Gasteiger partial charge in [0.15, 0.2) is 0 Å². The Labute approximate surface area is 132 Å². The first-order chi connectivity index (χ1) is 9.38. The van der Waals surface area contributed by atoms with E-state index in [-0.39, 0.29) is 0 Å². The average molecular weight is 342 g/mol. The van der Waals surface area contributed by atoms with Crippen molar-refractivity contribution < 1.29 is 4.74 Å². The van der Waals surface area contributed by atoms with Crippen LogP contribution in [0.25, 0.3) is 0 Å². The maximum Gasteiger partial charge on any atom is 0.123 e. The lowest BCUT2D eigenvalue weighted by molar-refractivity contribution is 0.191. The zero-order chi connectivity index (χ0) is 15.2. The summed E-state index contributed by atoms with van der Waals surface area (Å²) in [6, 6.07) is 5.78. The predicted octanol–water partition coefficient (Wildman–Crippen LogP) is 5.14. The third kappa shape index (κ3) is 5.84. The molecule has 0 saturated heterocycles. The van der Waals surface area contributed by atoms with E-state index >= 15 is 0 Å². The monoisotopic (exact) mass is 341 g/mol. The number of benzene rings is 1. The van der Waals surface area contributed by atoms with Crippen molar-refractivity contribution in [2.45, 2.75) is 53.0 Å². The maximum atomic E-state index is 5.49. The number of hydrogen-bond acceptors (Lipinski definition) is 2. The minimum atomic E-state index is 0.503. The van der Waals surface area contributed by atoms with Crippen molar-refractivity contribution in [2.24, 2.45) is 17.1 Å². The van der Waals surface area contributed by atoms with E-state index in [0.717, 1.165) is 21.7 Å². The summed E-state index contributed by atoms with van der Waals surface area (Å²) in [7, 11) is 1.64. The van der Waals surface area contributed by atoms with Crippen LogP contribution in [0.3, 0.4) is 0 Å². The van der Waals surface area contributed by atoms with Gasteiger partial charge in [0.2, 0.25) is 0 Å². The Kier molecular flexibility index (Phi) is 7.04. The summed E-state index contributed by atoms with van der Waals surface area (Å²) in [5.74, 6) is 1.82. The van der Waals surface area contributed by atoms with Crippen LogP contribution in [-0.4, -0.2) is 7.11 Å². The largest absolute Gasteiger partial charge is 0.496 e. The maximum absolute atomic E-state index is 5.49. The second kappa shape index (κ2) is 8.04. The molecule has 0 heterocycles. The van der Waals surface area contributed by atoms with Gasteiger partial charge in [0.05, 0.1) is 7.11 Å². The van der Waals surface area contributed by atoms with Crippen LogP contribution in [0, 0.1) is 11.3 Å². The molecule has 2 N–H and O–H groups in total. The van der Waals surface area contributed by atoms with Crippen LogP contribution >= 0.6 is 15.9 Å². The SMILES string of the molecule is CC1CCCC(C)(C)C1.COc1ccc(Br)cc1CN. The van der Waals surface area contributed by atoms with Crippen molar-refractivity contribution in [3.05, 3.63) is 28.2 Å². The lowest BCUT2D eigenvalue weighted by Crippen LogP contribution is -2.20. The molecule has 0 spiro atoms. The number of methoxy groups -OCH3 is 1. The molecule has 1 aromatic carbocycles. The summed E-state index contributed by atoms with van der Waals surface area (Å²) in [5, 5.41) is 0. The van der Waals surface area contributed by atoms with Crippen LogP contribution in [0.15, 0.2) is 22.7 Å². The van der Waals surface area contributed by atoms with E-state index in [9.17, 15) is 0 Å². The first-order valence-electron chi connectivity index (χ1n) is 7.40. The Hall–Kier alpha value is -0.540. The fourth-order valence-electron chi connectivity index (χ4n) is 2.98. The molecule has 1 aliphatic rings. The summed E-state index contributed by atoms with van der Waals surface area (Å²) in [5.41, 5.74) is 7.16. The first-order valence-corrected chi connectivity index (χ1v) is 8.20. The van der Waals surface area contributed by atoms with Crippen LogP contribution in [0.1, 0.15) is 52.0 Å².